The zero-order valence-electron chi connectivity index (χ0n) is 16.3. The SMILES string of the molecule is C[C@H](Nc1nccc(Nc2cc(C3CCCC3)[nH]n2)n1)c1ccc2[nH]cnc2c1. The standard InChI is InChI=1S/C21H24N8/c1-13(15-6-7-16-18(10-15)24-12-23-16)25-21-22-9-8-19(27-21)26-20-11-17(28-29-20)14-4-2-3-5-14/h6-14H,2-5H2,1H3,(H,23,24)(H3,22,25,26,27,28,29)/t13-/m0/s1. The van der Waals surface area contributed by atoms with Gasteiger partial charge in [-0.2, -0.15) is 10.1 Å². The van der Waals surface area contributed by atoms with Crippen LogP contribution >= 0.6 is 0 Å². The number of hydrogen-bond acceptors (Lipinski definition) is 6. The lowest BCUT2D eigenvalue weighted by Gasteiger charge is -2.14. The van der Waals surface area contributed by atoms with Gasteiger partial charge in [-0.3, -0.25) is 5.10 Å². The first kappa shape index (κ1) is 17.7. The van der Waals surface area contributed by atoms with Gasteiger partial charge >= 0.3 is 0 Å². The van der Waals surface area contributed by atoms with Gasteiger partial charge in [0, 0.05) is 23.9 Å². The molecule has 1 fully saturated rings. The average Bonchev–Trinajstić information content (AvgIpc) is 3.48. The van der Waals surface area contributed by atoms with Crippen LogP contribution in [0.15, 0.2) is 42.9 Å². The molecular formula is C21H24N8. The fourth-order valence-electron chi connectivity index (χ4n) is 3.97. The quantitative estimate of drug-likeness (QED) is 0.383. The Labute approximate surface area is 168 Å². The Morgan fingerprint density at radius 3 is 2.86 bits per heavy atom. The van der Waals surface area contributed by atoms with Crippen molar-refractivity contribution in [3.8, 4) is 0 Å². The second-order valence-corrected chi connectivity index (χ2v) is 7.63. The van der Waals surface area contributed by atoms with Crippen molar-refractivity contribution in [3.63, 3.8) is 0 Å². The number of anilines is 3. The van der Waals surface area contributed by atoms with Crippen LogP contribution in [0.3, 0.4) is 0 Å². The molecule has 0 saturated heterocycles. The number of aromatic amines is 2. The van der Waals surface area contributed by atoms with Gasteiger partial charge < -0.3 is 15.6 Å². The summed E-state index contributed by atoms with van der Waals surface area (Å²) in [6, 6.07) is 10.2. The molecule has 0 amide bonds. The van der Waals surface area contributed by atoms with E-state index < -0.39 is 0 Å². The van der Waals surface area contributed by atoms with Gasteiger partial charge in [-0.25, -0.2) is 9.97 Å². The molecule has 8 heteroatoms. The zero-order valence-corrected chi connectivity index (χ0v) is 16.3. The second-order valence-electron chi connectivity index (χ2n) is 7.63. The molecule has 4 aromatic rings. The largest absolute Gasteiger partial charge is 0.348 e. The lowest BCUT2D eigenvalue weighted by Crippen LogP contribution is -2.10. The van der Waals surface area contributed by atoms with E-state index in [2.05, 4.69) is 65.9 Å². The highest BCUT2D eigenvalue weighted by Crippen LogP contribution is 2.34. The smallest absolute Gasteiger partial charge is 0.225 e. The highest BCUT2D eigenvalue weighted by atomic mass is 15.2. The number of hydrogen-bond donors (Lipinski definition) is 4. The van der Waals surface area contributed by atoms with Gasteiger partial charge in [-0.15, -0.1) is 0 Å². The third kappa shape index (κ3) is 3.78. The van der Waals surface area contributed by atoms with Crippen LogP contribution in [-0.2, 0) is 0 Å². The van der Waals surface area contributed by atoms with Crippen molar-refractivity contribution in [3.05, 3.63) is 54.1 Å². The molecule has 3 aromatic heterocycles. The van der Waals surface area contributed by atoms with Crippen LogP contribution in [0.5, 0.6) is 0 Å². The van der Waals surface area contributed by atoms with Crippen molar-refractivity contribution >= 4 is 28.6 Å². The number of rotatable bonds is 6. The number of H-pyrrole nitrogens is 2. The minimum atomic E-state index is 0.0469. The van der Waals surface area contributed by atoms with Crippen LogP contribution in [0, 0.1) is 0 Å². The van der Waals surface area contributed by atoms with E-state index in [1.165, 1.54) is 31.4 Å². The normalized spacial score (nSPS) is 15.6. The van der Waals surface area contributed by atoms with Crippen LogP contribution in [0.25, 0.3) is 11.0 Å². The first-order valence-corrected chi connectivity index (χ1v) is 10.1. The van der Waals surface area contributed by atoms with Crippen LogP contribution in [0.4, 0.5) is 17.6 Å². The highest BCUT2D eigenvalue weighted by Gasteiger charge is 2.19. The maximum atomic E-state index is 4.58. The molecule has 3 heterocycles. The Bertz CT molecular complexity index is 1110. The van der Waals surface area contributed by atoms with Crippen molar-refractivity contribution in [1.82, 2.24) is 30.1 Å². The van der Waals surface area contributed by atoms with Crippen molar-refractivity contribution in [2.24, 2.45) is 0 Å². The number of benzene rings is 1. The van der Waals surface area contributed by atoms with E-state index in [9.17, 15) is 0 Å². The maximum Gasteiger partial charge on any atom is 0.225 e. The van der Waals surface area contributed by atoms with E-state index in [1.54, 1.807) is 12.5 Å². The zero-order chi connectivity index (χ0) is 19.6. The maximum absolute atomic E-state index is 4.58. The summed E-state index contributed by atoms with van der Waals surface area (Å²) in [5.41, 5.74) is 4.31. The molecule has 29 heavy (non-hydrogen) atoms. The predicted octanol–water partition coefficient (Wildman–Crippen LogP) is 4.65. The van der Waals surface area contributed by atoms with Crippen molar-refractivity contribution in [2.75, 3.05) is 10.6 Å². The lowest BCUT2D eigenvalue weighted by molar-refractivity contribution is 0.693. The van der Waals surface area contributed by atoms with Gasteiger partial charge in [0.1, 0.15) is 5.82 Å². The van der Waals surface area contributed by atoms with Crippen LogP contribution in [0.2, 0.25) is 0 Å². The molecule has 5 rings (SSSR count). The fourth-order valence-corrected chi connectivity index (χ4v) is 3.97. The summed E-state index contributed by atoms with van der Waals surface area (Å²) < 4.78 is 0. The summed E-state index contributed by atoms with van der Waals surface area (Å²) in [6.45, 7) is 2.08. The Morgan fingerprint density at radius 1 is 1.07 bits per heavy atom. The van der Waals surface area contributed by atoms with Gasteiger partial charge in [0.15, 0.2) is 5.82 Å². The van der Waals surface area contributed by atoms with Crippen LogP contribution in [0.1, 0.15) is 55.8 Å². The first-order valence-electron chi connectivity index (χ1n) is 10.1. The van der Waals surface area contributed by atoms with Crippen LogP contribution in [-0.4, -0.2) is 30.1 Å². The second kappa shape index (κ2) is 7.54. The Morgan fingerprint density at radius 2 is 1.97 bits per heavy atom. The van der Waals surface area contributed by atoms with E-state index in [1.807, 2.05) is 12.1 Å². The summed E-state index contributed by atoms with van der Waals surface area (Å²) in [5.74, 6) is 2.67. The van der Waals surface area contributed by atoms with Crippen molar-refractivity contribution in [2.45, 2.75) is 44.6 Å². The summed E-state index contributed by atoms with van der Waals surface area (Å²) >= 11 is 0. The molecule has 1 atom stereocenters. The summed E-state index contributed by atoms with van der Waals surface area (Å²) in [7, 11) is 0. The Balaban J connectivity index is 1.28. The van der Waals surface area contributed by atoms with Gasteiger partial charge in [-0.05, 0) is 43.5 Å². The van der Waals surface area contributed by atoms with Gasteiger partial charge in [-0.1, -0.05) is 18.9 Å². The third-order valence-corrected chi connectivity index (χ3v) is 5.60. The van der Waals surface area contributed by atoms with Crippen molar-refractivity contribution < 1.29 is 0 Å². The minimum Gasteiger partial charge on any atom is -0.348 e. The van der Waals surface area contributed by atoms with Crippen molar-refractivity contribution in [1.29, 1.82) is 0 Å². The lowest BCUT2D eigenvalue weighted by atomic mass is 10.0. The van der Waals surface area contributed by atoms with E-state index in [0.717, 1.165) is 22.4 Å². The molecule has 1 aliphatic carbocycles. The molecule has 148 valence electrons. The van der Waals surface area contributed by atoms with Crippen LogP contribution < -0.4 is 10.6 Å². The summed E-state index contributed by atoms with van der Waals surface area (Å²) in [4.78, 5) is 16.4. The summed E-state index contributed by atoms with van der Waals surface area (Å²) in [6.07, 6.45) is 8.54. The van der Waals surface area contributed by atoms with E-state index >= 15 is 0 Å². The minimum absolute atomic E-state index is 0.0469. The topological polar surface area (TPSA) is 107 Å². The predicted molar refractivity (Wildman–Crippen MR) is 113 cm³/mol. The highest BCUT2D eigenvalue weighted by molar-refractivity contribution is 5.75. The number of aromatic nitrogens is 6. The molecule has 1 saturated carbocycles. The Hall–Kier alpha value is -3.42. The molecule has 0 radical (unpaired) electrons. The van der Waals surface area contributed by atoms with E-state index in [0.29, 0.717) is 17.7 Å². The van der Waals surface area contributed by atoms with Gasteiger partial charge in [0.2, 0.25) is 5.95 Å². The number of fused-ring (bicyclic) bond motifs is 1. The fraction of sp³-hybridized carbons (Fsp3) is 0.333. The molecular weight excluding hydrogens is 364 g/mol. The molecule has 0 bridgehead atoms. The molecule has 0 unspecified atom stereocenters. The van der Waals surface area contributed by atoms with Gasteiger partial charge in [0.05, 0.1) is 23.4 Å². The number of nitrogens with zero attached hydrogens (tertiary/aromatic N) is 4. The molecule has 1 aliphatic rings. The number of nitrogens with one attached hydrogen (secondary N) is 4. The molecule has 0 aliphatic heterocycles. The average molecular weight is 388 g/mol. The summed E-state index contributed by atoms with van der Waals surface area (Å²) in [5, 5.41) is 14.2. The molecule has 1 aromatic carbocycles. The monoisotopic (exact) mass is 388 g/mol. The molecule has 4 N–H and O–H groups in total. The number of imidazole rings is 1. The Kier molecular flexibility index (Phi) is 4.59. The third-order valence-electron chi connectivity index (χ3n) is 5.60. The van der Waals surface area contributed by atoms with E-state index in [-0.39, 0.29) is 6.04 Å². The van der Waals surface area contributed by atoms with Gasteiger partial charge in [0.25, 0.3) is 0 Å². The molecule has 0 spiro atoms. The van der Waals surface area contributed by atoms with E-state index in [4.69, 9.17) is 0 Å². The molecule has 8 nitrogen and oxygen atoms in total. The first-order chi connectivity index (χ1) is 14.2.